The van der Waals surface area contributed by atoms with E-state index in [1.807, 2.05) is 44.1 Å². The van der Waals surface area contributed by atoms with E-state index in [0.717, 1.165) is 22.1 Å². The zero-order valence-electron chi connectivity index (χ0n) is 10.4. The van der Waals surface area contributed by atoms with Crippen LogP contribution >= 0.6 is 15.9 Å². The molecule has 1 N–H and O–H groups in total. The summed E-state index contributed by atoms with van der Waals surface area (Å²) in [5, 5.41) is 9.32. The van der Waals surface area contributed by atoms with E-state index >= 15 is 0 Å². The zero-order valence-corrected chi connectivity index (χ0v) is 12.0. The maximum atomic E-state index is 11.3. The molecule has 0 aliphatic carbocycles. The summed E-state index contributed by atoms with van der Waals surface area (Å²) < 4.78 is 0.925. The van der Waals surface area contributed by atoms with Crippen LogP contribution in [0.25, 0.3) is 0 Å². The number of benzene rings is 1. The third-order valence-corrected chi connectivity index (χ3v) is 3.27. The van der Waals surface area contributed by atoms with Crippen molar-refractivity contribution >= 4 is 21.9 Å². The number of hydrogen-bond acceptors (Lipinski definition) is 2. The molecule has 0 bridgehead atoms. The first kappa shape index (κ1) is 14.2. The minimum atomic E-state index is -0.756. The van der Waals surface area contributed by atoms with E-state index in [2.05, 4.69) is 15.9 Å². The molecule has 0 aromatic heterocycles. The Bertz CT molecular complexity index is 404. The summed E-state index contributed by atoms with van der Waals surface area (Å²) in [5.41, 5.74) is 1.92. The van der Waals surface area contributed by atoms with Crippen LogP contribution in [0.2, 0.25) is 0 Å². The summed E-state index contributed by atoms with van der Waals surface area (Å²) in [4.78, 5) is 13.3. The second kappa shape index (κ2) is 6.17. The van der Waals surface area contributed by atoms with E-state index in [-0.39, 0.29) is 0 Å². The molecule has 0 spiro atoms. The summed E-state index contributed by atoms with van der Waals surface area (Å²) in [7, 11) is 3.90. The molecule has 0 saturated carbocycles. The Labute approximate surface area is 111 Å². The van der Waals surface area contributed by atoms with Gasteiger partial charge in [0.15, 0.2) is 0 Å². The molecule has 1 atom stereocenters. The van der Waals surface area contributed by atoms with Crippen LogP contribution in [-0.4, -0.2) is 36.6 Å². The predicted molar refractivity (Wildman–Crippen MR) is 72.4 cm³/mol. The summed E-state index contributed by atoms with van der Waals surface area (Å²) in [6, 6.07) is 5.79. The summed E-state index contributed by atoms with van der Waals surface area (Å²) in [6.07, 6.45) is 0.625. The zero-order chi connectivity index (χ0) is 13.0. The summed E-state index contributed by atoms with van der Waals surface area (Å²) in [6.45, 7) is 2.72. The smallest absolute Gasteiger partial charge is 0.311 e. The molecule has 0 radical (unpaired) electrons. The Balaban J connectivity index is 2.97. The minimum absolute atomic E-state index is 0.435. The highest BCUT2D eigenvalue weighted by atomic mass is 79.9. The van der Waals surface area contributed by atoms with Gasteiger partial charge in [-0.3, -0.25) is 4.79 Å². The topological polar surface area (TPSA) is 40.5 Å². The monoisotopic (exact) mass is 299 g/mol. The summed E-state index contributed by atoms with van der Waals surface area (Å²) >= 11 is 3.39. The second-order valence-electron chi connectivity index (χ2n) is 4.48. The molecule has 1 aromatic rings. The van der Waals surface area contributed by atoms with Gasteiger partial charge >= 0.3 is 5.97 Å². The lowest BCUT2D eigenvalue weighted by atomic mass is 9.92. The van der Waals surface area contributed by atoms with Crippen molar-refractivity contribution in [3.05, 3.63) is 33.8 Å². The lowest BCUT2D eigenvalue weighted by Crippen LogP contribution is -2.21. The molecule has 17 heavy (non-hydrogen) atoms. The molecule has 0 saturated heterocycles. The molecule has 0 fully saturated rings. The van der Waals surface area contributed by atoms with Gasteiger partial charge < -0.3 is 10.0 Å². The van der Waals surface area contributed by atoms with Crippen molar-refractivity contribution in [2.45, 2.75) is 19.3 Å². The van der Waals surface area contributed by atoms with Crippen molar-refractivity contribution in [3.63, 3.8) is 0 Å². The van der Waals surface area contributed by atoms with Crippen molar-refractivity contribution in [3.8, 4) is 0 Å². The highest BCUT2D eigenvalue weighted by molar-refractivity contribution is 9.10. The van der Waals surface area contributed by atoms with Gasteiger partial charge in [-0.2, -0.15) is 0 Å². The van der Waals surface area contributed by atoms with E-state index in [1.165, 1.54) is 0 Å². The standard InChI is InChI=1S/C13H18BrNO2/c1-9-4-5-10(14)8-12(9)11(13(16)17)6-7-15(2)3/h4-5,8,11H,6-7H2,1-3H3,(H,16,17). The molecule has 1 aromatic carbocycles. The van der Waals surface area contributed by atoms with Crippen LogP contribution in [0.15, 0.2) is 22.7 Å². The Hall–Kier alpha value is -0.870. The lowest BCUT2D eigenvalue weighted by molar-refractivity contribution is -0.139. The number of hydrogen-bond donors (Lipinski definition) is 1. The van der Waals surface area contributed by atoms with Crippen molar-refractivity contribution in [1.82, 2.24) is 4.90 Å². The number of rotatable bonds is 5. The Morgan fingerprint density at radius 2 is 2.12 bits per heavy atom. The molecular formula is C13H18BrNO2. The molecular weight excluding hydrogens is 282 g/mol. The van der Waals surface area contributed by atoms with Gasteiger partial charge in [-0.05, 0) is 57.2 Å². The molecule has 0 aliphatic rings. The fraction of sp³-hybridized carbons (Fsp3) is 0.462. The number of aryl methyl sites for hydroxylation is 1. The quantitative estimate of drug-likeness (QED) is 0.909. The number of carboxylic acids is 1. The molecule has 0 aliphatic heterocycles. The van der Waals surface area contributed by atoms with Crippen LogP contribution in [0.3, 0.4) is 0 Å². The van der Waals surface area contributed by atoms with E-state index in [9.17, 15) is 9.90 Å². The van der Waals surface area contributed by atoms with Crippen molar-refractivity contribution < 1.29 is 9.90 Å². The van der Waals surface area contributed by atoms with Crippen LogP contribution in [0.1, 0.15) is 23.5 Å². The van der Waals surface area contributed by atoms with Crippen LogP contribution in [0.4, 0.5) is 0 Å². The Kier molecular flexibility index (Phi) is 5.15. The predicted octanol–water partition coefficient (Wildman–Crippen LogP) is 2.88. The van der Waals surface area contributed by atoms with Gasteiger partial charge in [0.1, 0.15) is 0 Å². The minimum Gasteiger partial charge on any atom is -0.481 e. The summed E-state index contributed by atoms with van der Waals surface area (Å²) in [5.74, 6) is -1.19. The van der Waals surface area contributed by atoms with E-state index in [0.29, 0.717) is 6.42 Å². The Morgan fingerprint density at radius 3 is 2.65 bits per heavy atom. The van der Waals surface area contributed by atoms with Gasteiger partial charge in [0.25, 0.3) is 0 Å². The number of halogens is 1. The van der Waals surface area contributed by atoms with E-state index in [4.69, 9.17) is 0 Å². The van der Waals surface area contributed by atoms with E-state index < -0.39 is 11.9 Å². The second-order valence-corrected chi connectivity index (χ2v) is 5.40. The first-order valence-corrected chi connectivity index (χ1v) is 6.34. The van der Waals surface area contributed by atoms with Crippen LogP contribution in [0, 0.1) is 6.92 Å². The first-order valence-electron chi connectivity index (χ1n) is 5.55. The van der Waals surface area contributed by atoms with Gasteiger partial charge in [-0.15, -0.1) is 0 Å². The van der Waals surface area contributed by atoms with Crippen molar-refractivity contribution in [2.75, 3.05) is 20.6 Å². The van der Waals surface area contributed by atoms with Crippen LogP contribution in [-0.2, 0) is 4.79 Å². The molecule has 1 rings (SSSR count). The average Bonchev–Trinajstić information content (AvgIpc) is 2.22. The molecule has 0 amide bonds. The maximum Gasteiger partial charge on any atom is 0.311 e. The van der Waals surface area contributed by atoms with Gasteiger partial charge in [-0.25, -0.2) is 0 Å². The van der Waals surface area contributed by atoms with Gasteiger partial charge in [0, 0.05) is 4.47 Å². The largest absolute Gasteiger partial charge is 0.481 e. The molecule has 0 heterocycles. The normalized spacial score (nSPS) is 12.8. The number of nitrogens with zero attached hydrogens (tertiary/aromatic N) is 1. The highest BCUT2D eigenvalue weighted by Crippen LogP contribution is 2.26. The fourth-order valence-corrected chi connectivity index (χ4v) is 2.16. The Morgan fingerprint density at radius 1 is 1.47 bits per heavy atom. The number of carboxylic acid groups (broad SMARTS) is 1. The van der Waals surface area contributed by atoms with Gasteiger partial charge in [0.05, 0.1) is 5.92 Å². The van der Waals surface area contributed by atoms with Gasteiger partial charge in [0.2, 0.25) is 0 Å². The lowest BCUT2D eigenvalue weighted by Gasteiger charge is -2.18. The number of aliphatic carboxylic acids is 1. The average molecular weight is 300 g/mol. The molecule has 1 unspecified atom stereocenters. The number of carbonyl (C=O) groups is 1. The third kappa shape index (κ3) is 4.13. The van der Waals surface area contributed by atoms with Crippen molar-refractivity contribution in [1.29, 1.82) is 0 Å². The third-order valence-electron chi connectivity index (χ3n) is 2.78. The molecule has 4 heteroatoms. The molecule has 3 nitrogen and oxygen atoms in total. The molecule has 94 valence electrons. The van der Waals surface area contributed by atoms with Crippen molar-refractivity contribution in [2.24, 2.45) is 0 Å². The van der Waals surface area contributed by atoms with Gasteiger partial charge in [-0.1, -0.05) is 22.0 Å². The van der Waals surface area contributed by atoms with E-state index in [1.54, 1.807) is 0 Å². The fourth-order valence-electron chi connectivity index (χ4n) is 1.79. The SMILES string of the molecule is Cc1ccc(Br)cc1C(CCN(C)C)C(=O)O. The van der Waals surface area contributed by atoms with Crippen LogP contribution < -0.4 is 0 Å². The maximum absolute atomic E-state index is 11.3. The first-order chi connectivity index (χ1) is 7.91. The highest BCUT2D eigenvalue weighted by Gasteiger charge is 2.21. The van der Waals surface area contributed by atoms with Crippen LogP contribution in [0.5, 0.6) is 0 Å².